The van der Waals surface area contributed by atoms with Gasteiger partial charge in [0, 0.05) is 53.4 Å². The van der Waals surface area contributed by atoms with E-state index in [1.165, 1.54) is 0 Å². The van der Waals surface area contributed by atoms with Crippen LogP contribution in [0.5, 0.6) is 0 Å². The number of pyridine rings is 3. The van der Waals surface area contributed by atoms with Gasteiger partial charge in [-0.3, -0.25) is 9.78 Å². The summed E-state index contributed by atoms with van der Waals surface area (Å²) in [6, 6.07) is 6.00. The molecule has 180 valence electrons. The molecule has 9 heteroatoms. The first-order chi connectivity index (χ1) is 17.0. The van der Waals surface area contributed by atoms with Gasteiger partial charge in [-0.15, -0.1) is 5.10 Å². The predicted octanol–water partition coefficient (Wildman–Crippen LogP) is 3.86. The molecule has 6 rings (SSSR count). The number of nitrogens with zero attached hydrogens (tertiary/aromatic N) is 6. The van der Waals surface area contributed by atoms with Crippen LogP contribution in [0.15, 0.2) is 36.8 Å². The molecule has 0 unspecified atom stereocenters. The van der Waals surface area contributed by atoms with E-state index in [2.05, 4.69) is 47.0 Å². The third kappa shape index (κ3) is 4.20. The second kappa shape index (κ2) is 8.57. The molecule has 9 nitrogen and oxygen atoms in total. The van der Waals surface area contributed by atoms with Crippen molar-refractivity contribution in [1.82, 2.24) is 24.6 Å². The summed E-state index contributed by atoms with van der Waals surface area (Å²) in [6.07, 6.45) is 8.68. The molecule has 0 bridgehead atoms. The van der Waals surface area contributed by atoms with E-state index in [1.807, 2.05) is 29.0 Å². The molecule has 2 atom stereocenters. The lowest BCUT2D eigenvalue weighted by atomic mass is 10.1. The average Bonchev–Trinajstić information content (AvgIpc) is 3.61. The SMILES string of the molecule is CCc1ncc(-c2nc3ccc(N4C[C@@H](C)O[C@H](C)C4)cn3n2)c2cc(NC(=O)C3CC3)ncc12. The second-order valence-electron chi connectivity index (χ2n) is 9.64. The molecule has 4 aromatic heterocycles. The van der Waals surface area contributed by atoms with Crippen LogP contribution in [0.4, 0.5) is 11.5 Å². The maximum Gasteiger partial charge on any atom is 0.228 e. The van der Waals surface area contributed by atoms with Gasteiger partial charge in [0.25, 0.3) is 0 Å². The van der Waals surface area contributed by atoms with Crippen LogP contribution in [-0.2, 0) is 16.0 Å². The Morgan fingerprint density at radius 1 is 1.11 bits per heavy atom. The van der Waals surface area contributed by atoms with Crippen molar-refractivity contribution < 1.29 is 9.53 Å². The molecule has 4 aromatic rings. The number of morpholine rings is 1. The first kappa shape index (κ1) is 21.9. The van der Waals surface area contributed by atoms with Gasteiger partial charge in [0.15, 0.2) is 11.5 Å². The summed E-state index contributed by atoms with van der Waals surface area (Å²) in [6.45, 7) is 7.95. The first-order valence-corrected chi connectivity index (χ1v) is 12.3. The van der Waals surface area contributed by atoms with Gasteiger partial charge in [0.05, 0.1) is 24.1 Å². The van der Waals surface area contributed by atoms with Crippen molar-refractivity contribution in [2.24, 2.45) is 5.92 Å². The van der Waals surface area contributed by atoms with Crippen molar-refractivity contribution in [3.8, 4) is 11.4 Å². The van der Waals surface area contributed by atoms with Crippen LogP contribution in [0.25, 0.3) is 27.8 Å². The van der Waals surface area contributed by atoms with E-state index in [1.54, 1.807) is 6.20 Å². The Morgan fingerprint density at radius 2 is 1.91 bits per heavy atom. The smallest absolute Gasteiger partial charge is 0.228 e. The molecular weight excluding hydrogens is 442 g/mol. The molecule has 5 heterocycles. The fourth-order valence-corrected chi connectivity index (χ4v) is 4.85. The number of nitrogens with one attached hydrogen (secondary N) is 1. The Morgan fingerprint density at radius 3 is 2.66 bits per heavy atom. The lowest BCUT2D eigenvalue weighted by Gasteiger charge is -2.36. The number of carbonyl (C=O) groups is 1. The number of anilines is 2. The highest BCUT2D eigenvalue weighted by molar-refractivity contribution is 6.00. The number of hydrogen-bond donors (Lipinski definition) is 1. The van der Waals surface area contributed by atoms with Crippen LogP contribution in [0.3, 0.4) is 0 Å². The standard InChI is InChI=1S/C26H29N7O2/c1-4-22-20-10-28-23(29-26(34)17-5-6-17)9-19(20)21(11-27-22)25-30-24-8-7-18(14-33(24)31-25)32-12-15(2)35-16(3)13-32/h7-11,14-17H,4-6,12-13H2,1-3H3,(H,28,29,34)/t15-,16-/m1/s1. The molecule has 0 spiro atoms. The molecule has 1 amide bonds. The van der Waals surface area contributed by atoms with Crippen molar-refractivity contribution in [2.45, 2.75) is 52.2 Å². The number of fused-ring (bicyclic) bond motifs is 2. The number of aryl methyl sites for hydroxylation is 1. The molecule has 2 aliphatic rings. The lowest BCUT2D eigenvalue weighted by Crippen LogP contribution is -2.45. The van der Waals surface area contributed by atoms with Gasteiger partial charge in [-0.05, 0) is 51.3 Å². The first-order valence-electron chi connectivity index (χ1n) is 12.3. The number of ether oxygens (including phenoxy) is 1. The molecule has 1 aliphatic carbocycles. The Kier molecular flexibility index (Phi) is 5.36. The molecule has 0 radical (unpaired) electrons. The fourth-order valence-electron chi connectivity index (χ4n) is 4.85. The maximum atomic E-state index is 12.3. The summed E-state index contributed by atoms with van der Waals surface area (Å²) < 4.78 is 7.71. The van der Waals surface area contributed by atoms with Crippen LogP contribution >= 0.6 is 0 Å². The molecule has 35 heavy (non-hydrogen) atoms. The number of amides is 1. The quantitative estimate of drug-likeness (QED) is 0.472. The van der Waals surface area contributed by atoms with Crippen LogP contribution in [0.2, 0.25) is 0 Å². The van der Waals surface area contributed by atoms with Crippen molar-refractivity contribution in [3.63, 3.8) is 0 Å². The van der Waals surface area contributed by atoms with Gasteiger partial charge in [-0.25, -0.2) is 14.5 Å². The third-order valence-electron chi connectivity index (χ3n) is 6.73. The van der Waals surface area contributed by atoms with Crippen molar-refractivity contribution in [2.75, 3.05) is 23.3 Å². The van der Waals surface area contributed by atoms with E-state index in [9.17, 15) is 4.79 Å². The van der Waals surface area contributed by atoms with Crippen LogP contribution in [0, 0.1) is 5.92 Å². The van der Waals surface area contributed by atoms with E-state index in [0.29, 0.717) is 11.6 Å². The van der Waals surface area contributed by atoms with E-state index < -0.39 is 0 Å². The summed E-state index contributed by atoms with van der Waals surface area (Å²) in [5.41, 5.74) is 3.63. The van der Waals surface area contributed by atoms with Gasteiger partial charge < -0.3 is 15.0 Å². The largest absolute Gasteiger partial charge is 0.372 e. The van der Waals surface area contributed by atoms with E-state index >= 15 is 0 Å². The van der Waals surface area contributed by atoms with Crippen molar-refractivity contribution >= 4 is 33.8 Å². The number of aromatic nitrogens is 5. The van der Waals surface area contributed by atoms with Gasteiger partial charge in [-0.2, -0.15) is 0 Å². The molecule has 0 aromatic carbocycles. The summed E-state index contributed by atoms with van der Waals surface area (Å²) in [5, 5.41) is 9.65. The third-order valence-corrected chi connectivity index (χ3v) is 6.73. The molecule has 1 aliphatic heterocycles. The Labute approximate surface area is 203 Å². The highest BCUT2D eigenvalue weighted by Crippen LogP contribution is 2.32. The van der Waals surface area contributed by atoms with Crippen molar-refractivity contribution in [1.29, 1.82) is 0 Å². The van der Waals surface area contributed by atoms with Gasteiger partial charge in [-0.1, -0.05) is 6.92 Å². The van der Waals surface area contributed by atoms with Crippen LogP contribution in [0.1, 0.15) is 39.3 Å². The summed E-state index contributed by atoms with van der Waals surface area (Å²) in [7, 11) is 0. The highest BCUT2D eigenvalue weighted by Gasteiger charge is 2.30. The molecule has 1 saturated carbocycles. The topological polar surface area (TPSA) is 97.5 Å². The number of carbonyl (C=O) groups excluding carboxylic acids is 1. The highest BCUT2D eigenvalue weighted by atomic mass is 16.5. The molecule has 2 fully saturated rings. The summed E-state index contributed by atoms with van der Waals surface area (Å²) in [5.74, 6) is 1.29. The minimum absolute atomic E-state index is 0.0355. The molecule has 1 N–H and O–H groups in total. The van der Waals surface area contributed by atoms with Crippen LogP contribution < -0.4 is 10.2 Å². The minimum Gasteiger partial charge on any atom is -0.372 e. The van der Waals surface area contributed by atoms with Crippen LogP contribution in [-0.4, -0.2) is 55.8 Å². The zero-order valence-corrected chi connectivity index (χ0v) is 20.2. The predicted molar refractivity (Wildman–Crippen MR) is 134 cm³/mol. The molecule has 1 saturated heterocycles. The van der Waals surface area contributed by atoms with Gasteiger partial charge >= 0.3 is 0 Å². The van der Waals surface area contributed by atoms with Crippen molar-refractivity contribution in [3.05, 3.63) is 42.5 Å². The monoisotopic (exact) mass is 471 g/mol. The second-order valence-corrected chi connectivity index (χ2v) is 9.64. The summed E-state index contributed by atoms with van der Waals surface area (Å²) in [4.78, 5) is 28.6. The Balaban J connectivity index is 1.39. The van der Waals surface area contributed by atoms with E-state index in [4.69, 9.17) is 14.8 Å². The zero-order chi connectivity index (χ0) is 24.1. The van der Waals surface area contributed by atoms with Gasteiger partial charge in [0.1, 0.15) is 5.82 Å². The Hall–Kier alpha value is -3.59. The number of hydrogen-bond acceptors (Lipinski definition) is 7. The lowest BCUT2D eigenvalue weighted by molar-refractivity contribution is -0.117. The van der Waals surface area contributed by atoms with Gasteiger partial charge in [0.2, 0.25) is 5.91 Å². The van der Waals surface area contributed by atoms with E-state index in [-0.39, 0.29) is 24.0 Å². The average molecular weight is 472 g/mol. The zero-order valence-electron chi connectivity index (χ0n) is 20.2. The molecular formula is C26H29N7O2. The minimum atomic E-state index is 0.0355. The maximum absolute atomic E-state index is 12.3. The summed E-state index contributed by atoms with van der Waals surface area (Å²) >= 11 is 0. The van der Waals surface area contributed by atoms with E-state index in [0.717, 1.165) is 65.7 Å². The Bertz CT molecular complexity index is 1420. The normalized spacial score (nSPS) is 20.5. The fraction of sp³-hybridized carbons (Fsp3) is 0.423. The number of rotatable bonds is 5.